The maximum absolute atomic E-state index is 13.2. The van der Waals surface area contributed by atoms with Crippen LogP contribution in [0.3, 0.4) is 0 Å². The van der Waals surface area contributed by atoms with Crippen LogP contribution in [0.15, 0.2) is 58.6 Å². The summed E-state index contributed by atoms with van der Waals surface area (Å²) >= 11 is 0.841. The van der Waals surface area contributed by atoms with E-state index < -0.39 is 23.0 Å². The Bertz CT molecular complexity index is 883. The lowest BCUT2D eigenvalue weighted by Crippen LogP contribution is -2.17. The normalized spacial score (nSPS) is 16.4. The van der Waals surface area contributed by atoms with Gasteiger partial charge in [0.15, 0.2) is 6.04 Å². The van der Waals surface area contributed by atoms with E-state index in [0.29, 0.717) is 16.2 Å². The molecule has 1 saturated heterocycles. The molecule has 2 aromatic rings. The predicted octanol–water partition coefficient (Wildman–Crippen LogP) is 4.04. The summed E-state index contributed by atoms with van der Waals surface area (Å²) in [5.41, 5.74) is 1.16. The summed E-state index contributed by atoms with van der Waals surface area (Å²) in [6, 6.07) is 11.6. The summed E-state index contributed by atoms with van der Waals surface area (Å²) in [5.74, 6) is -0.368. The van der Waals surface area contributed by atoms with Crippen molar-refractivity contribution < 1.29 is 18.7 Å². The molecule has 132 valence electrons. The van der Waals surface area contributed by atoms with Gasteiger partial charge in [-0.25, -0.2) is 4.39 Å². The van der Waals surface area contributed by atoms with E-state index in [4.69, 9.17) is 4.74 Å². The summed E-state index contributed by atoms with van der Waals surface area (Å²) in [5, 5.41) is 4.77. The van der Waals surface area contributed by atoms with Gasteiger partial charge in [0, 0.05) is 0 Å². The van der Waals surface area contributed by atoms with E-state index in [2.05, 4.69) is 10.5 Å². The lowest BCUT2D eigenvalue weighted by molar-refractivity contribution is -0.115. The number of amides is 2. The number of nitroso groups, excluding NO2 is 1. The van der Waals surface area contributed by atoms with Gasteiger partial charge in [0.1, 0.15) is 18.2 Å². The van der Waals surface area contributed by atoms with Crippen molar-refractivity contribution in [3.05, 3.63) is 75.3 Å². The van der Waals surface area contributed by atoms with Gasteiger partial charge in [0.05, 0.1) is 4.91 Å². The van der Waals surface area contributed by atoms with E-state index in [0.717, 1.165) is 17.3 Å². The van der Waals surface area contributed by atoms with Crippen LogP contribution in [0.5, 0.6) is 5.75 Å². The van der Waals surface area contributed by atoms with Crippen LogP contribution in [0, 0.1) is 10.7 Å². The zero-order chi connectivity index (χ0) is 18.5. The molecule has 1 atom stereocenters. The Morgan fingerprint density at radius 1 is 1.19 bits per heavy atom. The second kappa shape index (κ2) is 7.92. The SMILES string of the molecule is O=NC(COc1ccc(C=C2SC(=O)NC2=O)cc1)c1cccc(F)c1. The number of rotatable bonds is 6. The number of carbonyl (C=O) groups excluding carboxylic acids is 2. The van der Waals surface area contributed by atoms with E-state index >= 15 is 0 Å². The molecule has 1 heterocycles. The van der Waals surface area contributed by atoms with Gasteiger partial charge in [-0.15, -0.1) is 0 Å². The number of nitrogens with one attached hydrogen (secondary N) is 1. The number of benzene rings is 2. The Morgan fingerprint density at radius 2 is 1.96 bits per heavy atom. The predicted molar refractivity (Wildman–Crippen MR) is 96.0 cm³/mol. The van der Waals surface area contributed by atoms with E-state index in [1.807, 2.05) is 0 Å². The molecule has 2 aromatic carbocycles. The fourth-order valence-electron chi connectivity index (χ4n) is 2.31. The molecule has 0 saturated carbocycles. The molecular formula is C18H13FN2O4S. The molecule has 3 rings (SSSR count). The summed E-state index contributed by atoms with van der Waals surface area (Å²) in [6.45, 7) is -0.0276. The molecule has 0 spiro atoms. The van der Waals surface area contributed by atoms with Crippen molar-refractivity contribution in [1.82, 2.24) is 5.32 Å². The van der Waals surface area contributed by atoms with Gasteiger partial charge in [-0.2, -0.15) is 4.91 Å². The van der Waals surface area contributed by atoms with E-state index in [9.17, 15) is 18.9 Å². The molecule has 1 fully saturated rings. The Labute approximate surface area is 152 Å². The van der Waals surface area contributed by atoms with Crippen LogP contribution in [-0.2, 0) is 4.79 Å². The molecule has 0 radical (unpaired) electrons. The van der Waals surface area contributed by atoms with Gasteiger partial charge in [0.2, 0.25) is 0 Å². The van der Waals surface area contributed by atoms with Crippen molar-refractivity contribution >= 4 is 29.0 Å². The molecule has 2 amide bonds. The van der Waals surface area contributed by atoms with Crippen molar-refractivity contribution in [2.24, 2.45) is 5.18 Å². The number of ether oxygens (including phenoxy) is 1. The third-order valence-corrected chi connectivity index (χ3v) is 4.40. The third kappa shape index (κ3) is 4.34. The summed E-state index contributed by atoms with van der Waals surface area (Å²) in [7, 11) is 0. The maximum atomic E-state index is 13.2. The third-order valence-electron chi connectivity index (χ3n) is 3.59. The Hall–Kier alpha value is -3.00. The standard InChI is InChI=1S/C18H13FN2O4S/c19-13-3-1-2-12(9-13)15(21-24)10-25-14-6-4-11(5-7-14)8-16-17(22)20-18(23)26-16/h1-9,15H,10H2,(H,20,22,23). The minimum absolute atomic E-state index is 0.0276. The number of hydrogen-bond acceptors (Lipinski definition) is 6. The molecule has 1 aliphatic rings. The smallest absolute Gasteiger partial charge is 0.290 e. The number of imide groups is 1. The van der Waals surface area contributed by atoms with E-state index in [1.165, 1.54) is 18.2 Å². The number of nitrogens with zero attached hydrogens (tertiary/aromatic N) is 1. The first kappa shape index (κ1) is 17.8. The quantitative estimate of drug-likeness (QED) is 0.611. The zero-order valence-electron chi connectivity index (χ0n) is 13.3. The lowest BCUT2D eigenvalue weighted by Gasteiger charge is -2.11. The molecule has 26 heavy (non-hydrogen) atoms. The second-order valence-electron chi connectivity index (χ2n) is 5.41. The number of halogens is 1. The van der Waals surface area contributed by atoms with Crippen LogP contribution in [-0.4, -0.2) is 17.8 Å². The van der Waals surface area contributed by atoms with Crippen molar-refractivity contribution in [2.75, 3.05) is 6.61 Å². The highest BCUT2D eigenvalue weighted by molar-refractivity contribution is 8.18. The minimum Gasteiger partial charge on any atom is -0.491 e. The lowest BCUT2D eigenvalue weighted by atomic mass is 10.1. The van der Waals surface area contributed by atoms with Gasteiger partial charge in [0.25, 0.3) is 11.1 Å². The average molecular weight is 372 g/mol. The molecule has 1 unspecified atom stereocenters. The summed E-state index contributed by atoms with van der Waals surface area (Å²) < 4.78 is 18.8. The van der Waals surface area contributed by atoms with E-state index in [-0.39, 0.29) is 6.61 Å². The monoisotopic (exact) mass is 372 g/mol. The Morgan fingerprint density at radius 3 is 2.58 bits per heavy atom. The molecule has 8 heteroatoms. The molecule has 0 aromatic heterocycles. The van der Waals surface area contributed by atoms with Crippen molar-refractivity contribution in [3.8, 4) is 5.75 Å². The first-order chi connectivity index (χ1) is 12.5. The highest BCUT2D eigenvalue weighted by Crippen LogP contribution is 2.26. The number of hydrogen-bond donors (Lipinski definition) is 1. The maximum Gasteiger partial charge on any atom is 0.290 e. The van der Waals surface area contributed by atoms with Gasteiger partial charge in [-0.3, -0.25) is 14.9 Å². The van der Waals surface area contributed by atoms with Crippen LogP contribution < -0.4 is 10.1 Å². The minimum atomic E-state index is -0.822. The summed E-state index contributed by atoms with van der Waals surface area (Å²) in [6.07, 6.45) is 1.59. The van der Waals surface area contributed by atoms with Gasteiger partial charge in [-0.1, -0.05) is 29.4 Å². The summed E-state index contributed by atoms with van der Waals surface area (Å²) in [4.78, 5) is 34.0. The zero-order valence-corrected chi connectivity index (χ0v) is 14.2. The molecule has 1 aliphatic heterocycles. The average Bonchev–Trinajstić information content (AvgIpc) is 2.94. The second-order valence-corrected chi connectivity index (χ2v) is 6.42. The fraction of sp³-hybridized carbons (Fsp3) is 0.111. The van der Waals surface area contributed by atoms with Crippen molar-refractivity contribution in [2.45, 2.75) is 6.04 Å². The van der Waals surface area contributed by atoms with Gasteiger partial charge >= 0.3 is 0 Å². The molecule has 0 bridgehead atoms. The first-order valence-corrected chi connectivity index (χ1v) is 8.42. The largest absolute Gasteiger partial charge is 0.491 e. The highest BCUT2D eigenvalue weighted by Gasteiger charge is 2.24. The number of carbonyl (C=O) groups is 2. The fourth-order valence-corrected chi connectivity index (χ4v) is 2.99. The molecular weight excluding hydrogens is 359 g/mol. The van der Waals surface area contributed by atoms with Crippen LogP contribution in [0.2, 0.25) is 0 Å². The topological polar surface area (TPSA) is 84.8 Å². The molecule has 1 N–H and O–H groups in total. The van der Waals surface area contributed by atoms with Crippen molar-refractivity contribution in [1.29, 1.82) is 0 Å². The number of thioether (sulfide) groups is 1. The van der Waals surface area contributed by atoms with E-state index in [1.54, 1.807) is 36.4 Å². The van der Waals surface area contributed by atoms with Crippen molar-refractivity contribution in [3.63, 3.8) is 0 Å². The van der Waals surface area contributed by atoms with Crippen LogP contribution in [0.25, 0.3) is 6.08 Å². The molecule has 6 nitrogen and oxygen atoms in total. The highest BCUT2D eigenvalue weighted by atomic mass is 32.2. The van der Waals surface area contributed by atoms with Gasteiger partial charge < -0.3 is 4.74 Å². The van der Waals surface area contributed by atoms with Crippen LogP contribution in [0.1, 0.15) is 17.2 Å². The van der Waals surface area contributed by atoms with Gasteiger partial charge in [-0.05, 0) is 53.2 Å². The Kier molecular flexibility index (Phi) is 5.43. The van der Waals surface area contributed by atoms with Crippen LogP contribution >= 0.6 is 11.8 Å². The first-order valence-electron chi connectivity index (χ1n) is 7.61. The van der Waals surface area contributed by atoms with Crippen LogP contribution in [0.4, 0.5) is 9.18 Å². The molecule has 0 aliphatic carbocycles. The Balaban J connectivity index is 1.64.